The minimum atomic E-state index is -0.0168. The Morgan fingerprint density at radius 1 is 1.21 bits per heavy atom. The van der Waals surface area contributed by atoms with Crippen molar-refractivity contribution in [3.63, 3.8) is 0 Å². The van der Waals surface area contributed by atoms with Crippen molar-refractivity contribution < 1.29 is 9.53 Å². The van der Waals surface area contributed by atoms with Crippen LogP contribution in [0.1, 0.15) is 42.9 Å². The van der Waals surface area contributed by atoms with Gasteiger partial charge in [-0.05, 0) is 37.0 Å². The van der Waals surface area contributed by atoms with Crippen LogP contribution in [-0.4, -0.2) is 52.3 Å². The molecule has 1 atom stereocenters. The molecular formula is C21H29N5O2. The SMILES string of the molecule is COc1ccc(CC(C)C(=O)N2CCC(c3nnc4n3CCNC4)CC2)cc1. The molecule has 1 aromatic heterocycles. The van der Waals surface area contributed by atoms with Crippen LogP contribution in [0.4, 0.5) is 0 Å². The molecular weight excluding hydrogens is 354 g/mol. The quantitative estimate of drug-likeness (QED) is 0.855. The van der Waals surface area contributed by atoms with Gasteiger partial charge in [0.2, 0.25) is 5.91 Å². The second-order valence-electron chi connectivity index (χ2n) is 7.86. The Hall–Kier alpha value is -2.41. The fraction of sp³-hybridized carbons (Fsp3) is 0.571. The van der Waals surface area contributed by atoms with Gasteiger partial charge in [-0.3, -0.25) is 4.79 Å². The van der Waals surface area contributed by atoms with E-state index in [0.717, 1.165) is 69.4 Å². The smallest absolute Gasteiger partial charge is 0.225 e. The van der Waals surface area contributed by atoms with Gasteiger partial charge in [0.05, 0.1) is 13.7 Å². The molecule has 0 bridgehead atoms. The van der Waals surface area contributed by atoms with E-state index in [0.29, 0.717) is 5.92 Å². The molecule has 3 heterocycles. The number of hydrogen-bond donors (Lipinski definition) is 1. The Morgan fingerprint density at radius 3 is 2.68 bits per heavy atom. The highest BCUT2D eigenvalue weighted by Gasteiger charge is 2.30. The van der Waals surface area contributed by atoms with Crippen molar-refractivity contribution in [2.24, 2.45) is 5.92 Å². The fourth-order valence-electron chi connectivity index (χ4n) is 4.29. The third-order valence-corrected chi connectivity index (χ3v) is 5.95. The normalized spacial score (nSPS) is 18.6. The van der Waals surface area contributed by atoms with Crippen molar-refractivity contribution in [3.8, 4) is 5.75 Å². The highest BCUT2D eigenvalue weighted by Crippen LogP contribution is 2.29. The maximum absolute atomic E-state index is 12.9. The predicted molar refractivity (Wildman–Crippen MR) is 106 cm³/mol. The maximum Gasteiger partial charge on any atom is 0.225 e. The van der Waals surface area contributed by atoms with Gasteiger partial charge in [0, 0.05) is 38.0 Å². The second-order valence-corrected chi connectivity index (χ2v) is 7.86. The Morgan fingerprint density at radius 2 is 1.96 bits per heavy atom. The van der Waals surface area contributed by atoms with Crippen LogP contribution < -0.4 is 10.1 Å². The zero-order valence-electron chi connectivity index (χ0n) is 16.7. The molecule has 1 aromatic carbocycles. The molecule has 7 nitrogen and oxygen atoms in total. The van der Waals surface area contributed by atoms with E-state index in [-0.39, 0.29) is 11.8 Å². The third kappa shape index (κ3) is 3.90. The van der Waals surface area contributed by atoms with E-state index in [4.69, 9.17) is 4.74 Å². The Bertz CT molecular complexity index is 809. The number of nitrogens with one attached hydrogen (secondary N) is 1. The fourth-order valence-corrected chi connectivity index (χ4v) is 4.29. The number of ether oxygens (including phenoxy) is 1. The Kier molecular flexibility index (Phi) is 5.62. The zero-order valence-corrected chi connectivity index (χ0v) is 16.7. The second kappa shape index (κ2) is 8.31. The molecule has 1 saturated heterocycles. The number of rotatable bonds is 5. The predicted octanol–water partition coefficient (Wildman–Crippen LogP) is 1.97. The van der Waals surface area contributed by atoms with Crippen LogP contribution >= 0.6 is 0 Å². The Balaban J connectivity index is 1.32. The lowest BCUT2D eigenvalue weighted by Gasteiger charge is -2.33. The molecule has 2 aliphatic heterocycles. The number of nitrogens with zero attached hydrogens (tertiary/aromatic N) is 4. The number of aromatic nitrogens is 3. The largest absolute Gasteiger partial charge is 0.497 e. The molecule has 1 fully saturated rings. The number of carbonyl (C=O) groups is 1. The molecule has 0 spiro atoms. The van der Waals surface area contributed by atoms with Crippen LogP contribution in [0.15, 0.2) is 24.3 Å². The third-order valence-electron chi connectivity index (χ3n) is 5.95. The molecule has 150 valence electrons. The van der Waals surface area contributed by atoms with E-state index in [1.807, 2.05) is 36.1 Å². The lowest BCUT2D eigenvalue weighted by molar-refractivity contribution is -0.136. The molecule has 0 saturated carbocycles. The van der Waals surface area contributed by atoms with Crippen molar-refractivity contribution in [1.29, 1.82) is 0 Å². The van der Waals surface area contributed by atoms with Gasteiger partial charge in [-0.1, -0.05) is 19.1 Å². The summed E-state index contributed by atoms with van der Waals surface area (Å²) in [7, 11) is 1.66. The lowest BCUT2D eigenvalue weighted by atomic mass is 9.93. The minimum absolute atomic E-state index is 0.0168. The van der Waals surface area contributed by atoms with Crippen molar-refractivity contribution in [2.75, 3.05) is 26.7 Å². The number of fused-ring (bicyclic) bond motifs is 1. The number of amides is 1. The van der Waals surface area contributed by atoms with Gasteiger partial charge in [-0.25, -0.2) is 0 Å². The number of benzene rings is 1. The van der Waals surface area contributed by atoms with Gasteiger partial charge in [-0.2, -0.15) is 0 Å². The summed E-state index contributed by atoms with van der Waals surface area (Å²) in [6.45, 7) is 6.34. The monoisotopic (exact) mass is 383 g/mol. The lowest BCUT2D eigenvalue weighted by Crippen LogP contribution is -2.41. The van der Waals surface area contributed by atoms with Crippen molar-refractivity contribution in [3.05, 3.63) is 41.5 Å². The van der Waals surface area contributed by atoms with Crippen molar-refractivity contribution >= 4 is 5.91 Å². The van der Waals surface area contributed by atoms with E-state index in [1.54, 1.807) is 7.11 Å². The van der Waals surface area contributed by atoms with Gasteiger partial charge in [0.1, 0.15) is 17.4 Å². The molecule has 1 amide bonds. The molecule has 2 aliphatic rings. The van der Waals surface area contributed by atoms with Gasteiger partial charge in [-0.15, -0.1) is 10.2 Å². The molecule has 0 aliphatic carbocycles. The summed E-state index contributed by atoms with van der Waals surface area (Å²) >= 11 is 0. The summed E-state index contributed by atoms with van der Waals surface area (Å²) in [5.74, 6) is 3.62. The van der Waals surface area contributed by atoms with Crippen LogP contribution in [0.3, 0.4) is 0 Å². The summed E-state index contributed by atoms with van der Waals surface area (Å²) in [6, 6.07) is 7.98. The average molecular weight is 383 g/mol. The van der Waals surface area contributed by atoms with E-state index in [1.165, 1.54) is 5.56 Å². The first-order chi connectivity index (χ1) is 13.7. The molecule has 1 N–H and O–H groups in total. The first-order valence-electron chi connectivity index (χ1n) is 10.2. The summed E-state index contributed by atoms with van der Waals surface area (Å²) in [4.78, 5) is 14.9. The van der Waals surface area contributed by atoms with Gasteiger partial charge in [0.25, 0.3) is 0 Å². The van der Waals surface area contributed by atoms with Gasteiger partial charge >= 0.3 is 0 Å². The number of carbonyl (C=O) groups excluding carboxylic acids is 1. The Labute approximate surface area is 166 Å². The molecule has 4 rings (SSSR count). The standard InChI is InChI=1S/C21H29N5O2/c1-15(13-16-3-5-18(28-2)6-4-16)21(27)25-10-7-17(8-11-25)20-24-23-19-14-22-9-12-26(19)20/h3-6,15,17,22H,7-14H2,1-2H3. The van der Waals surface area contributed by atoms with Crippen LogP contribution in [0.5, 0.6) is 5.75 Å². The van der Waals surface area contributed by atoms with Crippen LogP contribution in [0.25, 0.3) is 0 Å². The first-order valence-corrected chi connectivity index (χ1v) is 10.2. The summed E-state index contributed by atoms with van der Waals surface area (Å²) in [6.07, 6.45) is 2.69. The topological polar surface area (TPSA) is 72.3 Å². The van der Waals surface area contributed by atoms with Crippen LogP contribution in [-0.2, 0) is 24.3 Å². The zero-order chi connectivity index (χ0) is 19.5. The maximum atomic E-state index is 12.9. The van der Waals surface area contributed by atoms with Crippen molar-refractivity contribution in [2.45, 2.75) is 45.2 Å². The van der Waals surface area contributed by atoms with Crippen LogP contribution in [0, 0.1) is 5.92 Å². The highest BCUT2D eigenvalue weighted by atomic mass is 16.5. The van der Waals surface area contributed by atoms with Gasteiger partial charge < -0.3 is 19.5 Å². The van der Waals surface area contributed by atoms with Crippen molar-refractivity contribution in [1.82, 2.24) is 25.0 Å². The molecule has 1 unspecified atom stereocenters. The van der Waals surface area contributed by atoms with E-state index in [2.05, 4.69) is 20.1 Å². The van der Waals surface area contributed by atoms with E-state index in [9.17, 15) is 4.79 Å². The average Bonchev–Trinajstić information content (AvgIpc) is 3.18. The number of piperidine rings is 1. The summed E-state index contributed by atoms with van der Waals surface area (Å²) in [5, 5.41) is 12.1. The first kappa shape index (κ1) is 18.9. The molecule has 7 heteroatoms. The molecule has 28 heavy (non-hydrogen) atoms. The number of methoxy groups -OCH3 is 1. The van der Waals surface area contributed by atoms with E-state index < -0.39 is 0 Å². The highest BCUT2D eigenvalue weighted by molar-refractivity contribution is 5.79. The van der Waals surface area contributed by atoms with Crippen LogP contribution in [0.2, 0.25) is 0 Å². The number of likely N-dealkylation sites (tertiary alicyclic amines) is 1. The molecule has 0 radical (unpaired) electrons. The summed E-state index contributed by atoms with van der Waals surface area (Å²) < 4.78 is 7.47. The minimum Gasteiger partial charge on any atom is -0.497 e. The summed E-state index contributed by atoms with van der Waals surface area (Å²) in [5.41, 5.74) is 1.17. The van der Waals surface area contributed by atoms with E-state index >= 15 is 0 Å². The molecule has 2 aromatic rings. The number of hydrogen-bond acceptors (Lipinski definition) is 5. The van der Waals surface area contributed by atoms with Gasteiger partial charge in [0.15, 0.2) is 0 Å².